The van der Waals surface area contributed by atoms with Crippen molar-refractivity contribution in [3.8, 4) is 0 Å². The van der Waals surface area contributed by atoms with E-state index in [-0.39, 0.29) is 11.0 Å². The van der Waals surface area contributed by atoms with Crippen molar-refractivity contribution in [2.75, 3.05) is 5.75 Å². The maximum atomic E-state index is 12.0. The molecule has 1 aliphatic rings. The van der Waals surface area contributed by atoms with Crippen molar-refractivity contribution < 1.29 is 8.42 Å². The van der Waals surface area contributed by atoms with Crippen molar-refractivity contribution in [2.45, 2.75) is 15.0 Å². The Morgan fingerprint density at radius 3 is 2.39 bits per heavy atom. The van der Waals surface area contributed by atoms with Crippen molar-refractivity contribution >= 4 is 21.6 Å². The van der Waals surface area contributed by atoms with E-state index in [2.05, 4.69) is 0 Å². The molecule has 0 fully saturated rings. The zero-order valence-corrected chi connectivity index (χ0v) is 11.2. The third-order valence-corrected chi connectivity index (χ3v) is 6.27. The number of fused-ring (bicyclic) bond motifs is 1. The molecule has 0 amide bonds. The first kappa shape index (κ1) is 11.8. The summed E-state index contributed by atoms with van der Waals surface area (Å²) < 4.78 is 24.1. The highest BCUT2D eigenvalue weighted by Crippen LogP contribution is 2.44. The Hall–Kier alpha value is -1.26. The van der Waals surface area contributed by atoms with Crippen LogP contribution in [-0.4, -0.2) is 14.2 Å². The van der Waals surface area contributed by atoms with Gasteiger partial charge in [-0.3, -0.25) is 0 Å². The molecule has 0 radical (unpaired) electrons. The van der Waals surface area contributed by atoms with Gasteiger partial charge in [0.15, 0.2) is 9.84 Å². The Bertz CT molecular complexity index is 663. The highest BCUT2D eigenvalue weighted by atomic mass is 32.2. The van der Waals surface area contributed by atoms with Crippen molar-refractivity contribution in [3.05, 3.63) is 60.2 Å². The lowest BCUT2D eigenvalue weighted by Crippen LogP contribution is -2.00. The third kappa shape index (κ3) is 2.06. The van der Waals surface area contributed by atoms with Gasteiger partial charge in [-0.1, -0.05) is 36.4 Å². The Kier molecular flexibility index (Phi) is 2.92. The minimum absolute atomic E-state index is 0.00796. The minimum atomic E-state index is -3.10. The SMILES string of the molecule is O=S1(=O)C[C@H](Sc2ccccc2)c2ccccc21. The molecule has 4 heteroatoms. The smallest absolute Gasteiger partial charge is 0.180 e. The molecule has 0 spiro atoms. The molecule has 0 saturated heterocycles. The quantitative estimate of drug-likeness (QED) is 0.844. The van der Waals surface area contributed by atoms with Crippen molar-refractivity contribution in [1.29, 1.82) is 0 Å². The standard InChI is InChI=1S/C14H12O2S2/c15-18(16)10-13(12-8-4-5-9-14(12)18)17-11-6-2-1-3-7-11/h1-9,13H,10H2/t13-/m0/s1. The van der Waals surface area contributed by atoms with Gasteiger partial charge in [0.1, 0.15) is 0 Å². The van der Waals surface area contributed by atoms with Gasteiger partial charge in [0.05, 0.1) is 15.9 Å². The number of hydrogen-bond donors (Lipinski definition) is 0. The first-order valence-electron chi connectivity index (χ1n) is 5.70. The number of thioether (sulfide) groups is 1. The molecule has 92 valence electrons. The van der Waals surface area contributed by atoms with Crippen LogP contribution in [0.15, 0.2) is 64.4 Å². The largest absolute Gasteiger partial charge is 0.224 e. The van der Waals surface area contributed by atoms with E-state index in [0.29, 0.717) is 4.90 Å². The summed E-state index contributed by atoms with van der Waals surface area (Å²) in [5.74, 6) is 0.200. The van der Waals surface area contributed by atoms with Gasteiger partial charge in [-0.25, -0.2) is 8.42 Å². The molecule has 3 rings (SSSR count). The second-order valence-corrected chi connectivity index (χ2v) is 7.52. The van der Waals surface area contributed by atoms with E-state index in [9.17, 15) is 8.42 Å². The molecule has 0 aromatic heterocycles. The number of benzene rings is 2. The van der Waals surface area contributed by atoms with Crippen LogP contribution in [0.5, 0.6) is 0 Å². The summed E-state index contributed by atoms with van der Waals surface area (Å²) in [4.78, 5) is 1.60. The van der Waals surface area contributed by atoms with Crippen LogP contribution in [0.25, 0.3) is 0 Å². The minimum Gasteiger partial charge on any atom is -0.224 e. The van der Waals surface area contributed by atoms with Crippen LogP contribution in [0.1, 0.15) is 10.8 Å². The lowest BCUT2D eigenvalue weighted by molar-refractivity contribution is 0.600. The topological polar surface area (TPSA) is 34.1 Å². The molecule has 0 saturated carbocycles. The highest BCUT2D eigenvalue weighted by Gasteiger charge is 2.34. The summed E-state index contributed by atoms with van der Waals surface area (Å²) >= 11 is 1.62. The van der Waals surface area contributed by atoms with Gasteiger partial charge < -0.3 is 0 Å². The second kappa shape index (κ2) is 4.44. The second-order valence-electron chi connectivity index (χ2n) is 4.24. The summed E-state index contributed by atoms with van der Waals surface area (Å²) in [5, 5.41) is 0.00796. The lowest BCUT2D eigenvalue weighted by atomic mass is 10.2. The molecule has 1 aliphatic heterocycles. The summed E-state index contributed by atoms with van der Waals surface area (Å²) in [6, 6.07) is 17.2. The van der Waals surface area contributed by atoms with E-state index in [1.807, 2.05) is 42.5 Å². The van der Waals surface area contributed by atoms with Gasteiger partial charge >= 0.3 is 0 Å². The van der Waals surface area contributed by atoms with Crippen LogP contribution < -0.4 is 0 Å². The molecular weight excluding hydrogens is 264 g/mol. The fraction of sp³-hybridized carbons (Fsp3) is 0.143. The Morgan fingerprint density at radius 1 is 0.944 bits per heavy atom. The molecule has 0 aliphatic carbocycles. The average molecular weight is 276 g/mol. The molecule has 0 bridgehead atoms. The van der Waals surface area contributed by atoms with Gasteiger partial charge in [-0.15, -0.1) is 11.8 Å². The predicted octanol–water partition coefficient (Wildman–Crippen LogP) is 3.31. The van der Waals surface area contributed by atoms with E-state index in [1.54, 1.807) is 23.9 Å². The van der Waals surface area contributed by atoms with Crippen LogP contribution in [0.2, 0.25) is 0 Å². The van der Waals surface area contributed by atoms with Crippen LogP contribution >= 0.6 is 11.8 Å². The van der Waals surface area contributed by atoms with Crippen molar-refractivity contribution in [2.24, 2.45) is 0 Å². The Balaban J connectivity index is 1.97. The fourth-order valence-electron chi connectivity index (χ4n) is 2.17. The number of sulfone groups is 1. The first-order valence-corrected chi connectivity index (χ1v) is 8.23. The number of rotatable bonds is 2. The molecule has 18 heavy (non-hydrogen) atoms. The van der Waals surface area contributed by atoms with E-state index >= 15 is 0 Å². The molecule has 2 aromatic carbocycles. The van der Waals surface area contributed by atoms with Gasteiger partial charge in [0.25, 0.3) is 0 Å². The van der Waals surface area contributed by atoms with Gasteiger partial charge in [-0.2, -0.15) is 0 Å². The summed E-state index contributed by atoms with van der Waals surface area (Å²) in [6.45, 7) is 0. The predicted molar refractivity (Wildman–Crippen MR) is 73.5 cm³/mol. The molecule has 1 heterocycles. The van der Waals surface area contributed by atoms with Gasteiger partial charge in [0, 0.05) is 4.90 Å². The van der Waals surface area contributed by atoms with Crippen molar-refractivity contribution in [1.82, 2.24) is 0 Å². The molecule has 0 N–H and O–H groups in total. The Morgan fingerprint density at radius 2 is 1.61 bits per heavy atom. The molecule has 1 atom stereocenters. The normalized spacial score (nSPS) is 20.6. The maximum absolute atomic E-state index is 12.0. The van der Waals surface area contributed by atoms with Crippen molar-refractivity contribution in [3.63, 3.8) is 0 Å². The summed E-state index contributed by atoms with van der Waals surface area (Å²) in [6.07, 6.45) is 0. The van der Waals surface area contributed by atoms with Crippen LogP contribution in [0.4, 0.5) is 0 Å². The van der Waals surface area contributed by atoms with Gasteiger partial charge in [-0.05, 0) is 23.8 Å². The maximum Gasteiger partial charge on any atom is 0.180 e. The third-order valence-electron chi connectivity index (χ3n) is 2.99. The van der Waals surface area contributed by atoms with E-state index in [1.165, 1.54) is 0 Å². The molecule has 2 nitrogen and oxygen atoms in total. The van der Waals surface area contributed by atoms with Gasteiger partial charge in [0.2, 0.25) is 0 Å². The summed E-state index contributed by atoms with van der Waals surface area (Å²) in [7, 11) is -3.10. The Labute approximate surface area is 111 Å². The van der Waals surface area contributed by atoms with Crippen LogP contribution in [0, 0.1) is 0 Å². The average Bonchev–Trinajstić information content (AvgIpc) is 2.63. The monoisotopic (exact) mass is 276 g/mol. The zero-order chi connectivity index (χ0) is 12.6. The molecular formula is C14H12O2S2. The highest BCUT2D eigenvalue weighted by molar-refractivity contribution is 8.01. The van der Waals surface area contributed by atoms with E-state index < -0.39 is 9.84 Å². The van der Waals surface area contributed by atoms with E-state index in [4.69, 9.17) is 0 Å². The summed E-state index contributed by atoms with van der Waals surface area (Å²) in [5.41, 5.74) is 0.936. The van der Waals surface area contributed by atoms with Crippen LogP contribution in [-0.2, 0) is 9.84 Å². The van der Waals surface area contributed by atoms with Crippen LogP contribution in [0.3, 0.4) is 0 Å². The lowest BCUT2D eigenvalue weighted by Gasteiger charge is -2.09. The fourth-order valence-corrected chi connectivity index (χ4v) is 5.64. The first-order chi connectivity index (χ1) is 8.67. The number of hydrogen-bond acceptors (Lipinski definition) is 3. The molecule has 0 unspecified atom stereocenters. The zero-order valence-electron chi connectivity index (χ0n) is 9.61. The van der Waals surface area contributed by atoms with E-state index in [0.717, 1.165) is 10.5 Å². The molecule has 2 aromatic rings.